The topological polar surface area (TPSA) is 41.1 Å². The predicted octanol–water partition coefficient (Wildman–Crippen LogP) is 2.64. The molecule has 2 rings (SSSR count). The average Bonchev–Trinajstić information content (AvgIpc) is 2.75. The summed E-state index contributed by atoms with van der Waals surface area (Å²) >= 11 is 0. The van der Waals surface area contributed by atoms with Crippen molar-refractivity contribution in [1.82, 2.24) is 5.32 Å². The Morgan fingerprint density at radius 1 is 1.56 bits per heavy atom. The van der Waals surface area contributed by atoms with E-state index in [1.807, 2.05) is 6.92 Å². The first-order chi connectivity index (χ1) is 8.15. The van der Waals surface area contributed by atoms with E-state index < -0.39 is 0 Å². The monoisotopic (exact) mass is 272 g/mol. The van der Waals surface area contributed by atoms with Gasteiger partial charge in [-0.15, -0.1) is 12.4 Å². The highest BCUT2D eigenvalue weighted by molar-refractivity contribution is 5.91. The normalized spacial score (nSPS) is 18.2. The van der Waals surface area contributed by atoms with E-state index in [1.165, 1.54) is 6.07 Å². The predicted molar refractivity (Wildman–Crippen MR) is 72.7 cm³/mol. The lowest BCUT2D eigenvalue weighted by molar-refractivity contribution is -0.116. The Labute approximate surface area is 113 Å². The Bertz CT molecular complexity index is 419. The molecule has 1 saturated heterocycles. The maximum Gasteiger partial charge on any atom is 0.226 e. The summed E-state index contributed by atoms with van der Waals surface area (Å²) < 4.78 is 13.5. The van der Waals surface area contributed by atoms with Gasteiger partial charge < -0.3 is 10.6 Å². The van der Waals surface area contributed by atoms with Gasteiger partial charge in [0.1, 0.15) is 5.82 Å². The van der Waals surface area contributed by atoms with Crippen molar-refractivity contribution >= 4 is 24.0 Å². The van der Waals surface area contributed by atoms with Crippen molar-refractivity contribution in [1.29, 1.82) is 0 Å². The summed E-state index contributed by atoms with van der Waals surface area (Å²) in [6.45, 7) is 2.79. The minimum absolute atomic E-state index is 0. The van der Waals surface area contributed by atoms with Gasteiger partial charge in [0, 0.05) is 12.5 Å². The van der Waals surface area contributed by atoms with Gasteiger partial charge in [0.15, 0.2) is 0 Å². The summed E-state index contributed by atoms with van der Waals surface area (Å²) in [5.74, 6) is -0.509. The zero-order valence-electron chi connectivity index (χ0n) is 10.3. The van der Waals surface area contributed by atoms with Crippen molar-refractivity contribution < 1.29 is 9.18 Å². The minimum atomic E-state index is -0.377. The molecule has 0 bridgehead atoms. The van der Waals surface area contributed by atoms with Crippen molar-refractivity contribution in [2.24, 2.45) is 0 Å². The van der Waals surface area contributed by atoms with Gasteiger partial charge in [0.2, 0.25) is 5.91 Å². The second-order valence-corrected chi connectivity index (χ2v) is 4.53. The van der Waals surface area contributed by atoms with Gasteiger partial charge in [-0.25, -0.2) is 4.39 Å². The highest BCUT2D eigenvalue weighted by Gasteiger charge is 2.18. The molecule has 1 unspecified atom stereocenters. The van der Waals surface area contributed by atoms with Gasteiger partial charge in [-0.2, -0.15) is 0 Å². The first-order valence-electron chi connectivity index (χ1n) is 5.94. The quantitative estimate of drug-likeness (QED) is 0.888. The Kier molecular flexibility index (Phi) is 5.56. The van der Waals surface area contributed by atoms with Crippen LogP contribution in [-0.4, -0.2) is 18.5 Å². The van der Waals surface area contributed by atoms with Crippen molar-refractivity contribution in [3.63, 3.8) is 0 Å². The van der Waals surface area contributed by atoms with Crippen LogP contribution in [0.2, 0.25) is 0 Å². The fourth-order valence-corrected chi connectivity index (χ4v) is 2.08. The number of carbonyl (C=O) groups excluding carboxylic acids is 1. The molecule has 1 atom stereocenters. The molecule has 100 valence electrons. The molecule has 0 radical (unpaired) electrons. The summed E-state index contributed by atoms with van der Waals surface area (Å²) in [7, 11) is 0. The minimum Gasteiger partial charge on any atom is -0.324 e. The van der Waals surface area contributed by atoms with Crippen molar-refractivity contribution in [3.8, 4) is 0 Å². The Balaban J connectivity index is 0.00000162. The fourth-order valence-electron chi connectivity index (χ4n) is 2.08. The van der Waals surface area contributed by atoms with Crippen LogP contribution in [0.15, 0.2) is 18.2 Å². The van der Waals surface area contributed by atoms with E-state index in [-0.39, 0.29) is 35.9 Å². The zero-order chi connectivity index (χ0) is 12.3. The lowest BCUT2D eigenvalue weighted by Gasteiger charge is -2.11. The highest BCUT2D eigenvalue weighted by atomic mass is 35.5. The maximum atomic E-state index is 13.5. The SMILES string of the molecule is Cc1ccc(NC(=O)CC2CCCN2)c(F)c1.Cl. The number of hydrogen-bond donors (Lipinski definition) is 2. The molecule has 2 N–H and O–H groups in total. The molecule has 0 aliphatic carbocycles. The maximum absolute atomic E-state index is 13.5. The second kappa shape index (κ2) is 6.71. The van der Waals surface area contributed by atoms with E-state index in [4.69, 9.17) is 0 Å². The van der Waals surface area contributed by atoms with Crippen LogP contribution in [-0.2, 0) is 4.79 Å². The van der Waals surface area contributed by atoms with E-state index in [9.17, 15) is 9.18 Å². The van der Waals surface area contributed by atoms with Gasteiger partial charge >= 0.3 is 0 Å². The van der Waals surface area contributed by atoms with Gasteiger partial charge in [0.05, 0.1) is 5.69 Å². The second-order valence-electron chi connectivity index (χ2n) is 4.53. The fraction of sp³-hybridized carbons (Fsp3) is 0.462. The van der Waals surface area contributed by atoms with E-state index in [0.717, 1.165) is 24.9 Å². The average molecular weight is 273 g/mol. The Morgan fingerprint density at radius 2 is 2.33 bits per heavy atom. The van der Waals surface area contributed by atoms with Crippen molar-refractivity contribution in [2.45, 2.75) is 32.2 Å². The van der Waals surface area contributed by atoms with Crippen molar-refractivity contribution in [3.05, 3.63) is 29.6 Å². The summed E-state index contributed by atoms with van der Waals surface area (Å²) in [5.41, 5.74) is 1.11. The molecule has 1 fully saturated rings. The first-order valence-corrected chi connectivity index (χ1v) is 5.94. The summed E-state index contributed by atoms with van der Waals surface area (Å²) in [6, 6.07) is 5.05. The molecular formula is C13H18ClFN2O. The highest BCUT2D eigenvalue weighted by Crippen LogP contribution is 2.16. The summed E-state index contributed by atoms with van der Waals surface area (Å²) in [4.78, 5) is 11.7. The number of amides is 1. The number of hydrogen-bond acceptors (Lipinski definition) is 2. The molecule has 1 heterocycles. The lowest BCUT2D eigenvalue weighted by Crippen LogP contribution is -2.27. The Hall–Kier alpha value is -1.13. The zero-order valence-corrected chi connectivity index (χ0v) is 11.1. The molecular weight excluding hydrogens is 255 g/mol. The first kappa shape index (κ1) is 14.9. The van der Waals surface area contributed by atoms with Gasteiger partial charge in [-0.3, -0.25) is 4.79 Å². The third kappa shape index (κ3) is 3.96. The number of rotatable bonds is 3. The van der Waals surface area contributed by atoms with Crippen LogP contribution in [0.5, 0.6) is 0 Å². The van der Waals surface area contributed by atoms with E-state index >= 15 is 0 Å². The number of carbonyl (C=O) groups is 1. The molecule has 3 nitrogen and oxygen atoms in total. The number of nitrogens with one attached hydrogen (secondary N) is 2. The number of anilines is 1. The third-order valence-corrected chi connectivity index (χ3v) is 2.99. The van der Waals surface area contributed by atoms with Gasteiger partial charge in [-0.05, 0) is 44.0 Å². The Morgan fingerprint density at radius 3 is 2.94 bits per heavy atom. The molecule has 1 aliphatic heterocycles. The van der Waals surface area contributed by atoms with Crippen molar-refractivity contribution in [2.75, 3.05) is 11.9 Å². The lowest BCUT2D eigenvalue weighted by atomic mass is 10.1. The van der Waals surface area contributed by atoms with Crippen LogP contribution in [0, 0.1) is 12.7 Å². The standard InChI is InChI=1S/C13H17FN2O.ClH/c1-9-4-5-12(11(14)7-9)16-13(17)8-10-3-2-6-15-10;/h4-5,7,10,15H,2-3,6,8H2,1H3,(H,16,17);1H. The molecule has 5 heteroatoms. The van der Waals surface area contributed by atoms with Crippen LogP contribution in [0.25, 0.3) is 0 Å². The number of aryl methyl sites for hydroxylation is 1. The molecule has 0 aromatic heterocycles. The molecule has 1 aliphatic rings. The largest absolute Gasteiger partial charge is 0.324 e. The van der Waals surface area contributed by atoms with Gasteiger partial charge in [0.25, 0.3) is 0 Å². The van der Waals surface area contributed by atoms with Crippen LogP contribution in [0.3, 0.4) is 0 Å². The van der Waals surface area contributed by atoms with E-state index in [1.54, 1.807) is 12.1 Å². The number of halogens is 2. The molecule has 18 heavy (non-hydrogen) atoms. The summed E-state index contributed by atoms with van der Waals surface area (Å²) in [5, 5.41) is 5.85. The molecule has 0 saturated carbocycles. The summed E-state index contributed by atoms with van der Waals surface area (Å²) in [6.07, 6.45) is 2.54. The number of benzene rings is 1. The van der Waals surface area contributed by atoms with E-state index in [2.05, 4.69) is 10.6 Å². The molecule has 0 spiro atoms. The third-order valence-electron chi connectivity index (χ3n) is 2.99. The van der Waals surface area contributed by atoms with Crippen LogP contribution < -0.4 is 10.6 Å². The smallest absolute Gasteiger partial charge is 0.226 e. The van der Waals surface area contributed by atoms with Crippen LogP contribution in [0.4, 0.5) is 10.1 Å². The van der Waals surface area contributed by atoms with Gasteiger partial charge in [-0.1, -0.05) is 6.07 Å². The van der Waals surface area contributed by atoms with Crippen LogP contribution in [0.1, 0.15) is 24.8 Å². The van der Waals surface area contributed by atoms with E-state index in [0.29, 0.717) is 6.42 Å². The molecule has 1 amide bonds. The molecule has 1 aromatic carbocycles. The molecule has 1 aromatic rings. The van der Waals surface area contributed by atoms with Crippen LogP contribution >= 0.6 is 12.4 Å².